The second kappa shape index (κ2) is 6.97. The molecule has 2 heterocycles. The van der Waals surface area contributed by atoms with Crippen molar-refractivity contribution in [3.63, 3.8) is 0 Å². The minimum atomic E-state index is -0.163. The molecule has 0 saturated carbocycles. The van der Waals surface area contributed by atoms with Gasteiger partial charge in [0.15, 0.2) is 0 Å². The van der Waals surface area contributed by atoms with Gasteiger partial charge in [-0.05, 0) is 73.0 Å². The highest BCUT2D eigenvalue weighted by Crippen LogP contribution is 2.38. The zero-order valence-corrected chi connectivity index (χ0v) is 15.5. The maximum Gasteiger partial charge on any atom is 0.123 e. The molecule has 0 fully saturated rings. The van der Waals surface area contributed by atoms with Gasteiger partial charge in [0, 0.05) is 29.7 Å². The van der Waals surface area contributed by atoms with Crippen LogP contribution in [0.1, 0.15) is 47.9 Å². The molecule has 3 aromatic rings. The van der Waals surface area contributed by atoms with Gasteiger partial charge in [-0.2, -0.15) is 0 Å². The summed E-state index contributed by atoms with van der Waals surface area (Å²) in [5.74, 6) is 0.511. The number of nitrogens with one attached hydrogen (secondary N) is 1. The molecule has 0 saturated heterocycles. The first-order chi connectivity index (χ1) is 13.3. The number of nitrogens with zero attached hydrogens (tertiary/aromatic N) is 1. The van der Waals surface area contributed by atoms with Crippen LogP contribution in [0.4, 0.5) is 4.39 Å². The van der Waals surface area contributed by atoms with E-state index in [4.69, 9.17) is 0 Å². The Morgan fingerprint density at radius 3 is 2.96 bits per heavy atom. The summed E-state index contributed by atoms with van der Waals surface area (Å²) in [4.78, 5) is 5.89. The van der Waals surface area contributed by atoms with E-state index in [1.165, 1.54) is 36.5 Å². The van der Waals surface area contributed by atoms with Gasteiger partial charge in [-0.25, -0.2) is 4.39 Å². The second-order valence-electron chi connectivity index (χ2n) is 7.87. The third-order valence-electron chi connectivity index (χ3n) is 6.36. The molecule has 2 aliphatic rings. The Bertz CT molecular complexity index is 987. The maximum atomic E-state index is 13.8. The topological polar surface area (TPSA) is 19.0 Å². The summed E-state index contributed by atoms with van der Waals surface area (Å²) >= 11 is 0. The van der Waals surface area contributed by atoms with Gasteiger partial charge in [-0.3, -0.25) is 4.90 Å². The number of halogens is 1. The Morgan fingerprint density at radius 1 is 1.07 bits per heavy atom. The Morgan fingerprint density at radius 2 is 2.00 bits per heavy atom. The average Bonchev–Trinajstić information content (AvgIpc) is 3.30. The molecule has 138 valence electrons. The lowest BCUT2D eigenvalue weighted by atomic mass is 9.94. The van der Waals surface area contributed by atoms with Crippen LogP contribution in [0.15, 0.2) is 60.8 Å². The third kappa shape index (κ3) is 3.10. The molecule has 2 atom stereocenters. The van der Waals surface area contributed by atoms with Crippen molar-refractivity contribution < 1.29 is 4.39 Å². The average molecular weight is 360 g/mol. The first kappa shape index (κ1) is 16.8. The summed E-state index contributed by atoms with van der Waals surface area (Å²) < 4.78 is 13.8. The summed E-state index contributed by atoms with van der Waals surface area (Å²) in [5.41, 5.74) is 5.33. The van der Waals surface area contributed by atoms with Crippen LogP contribution < -0.4 is 0 Å². The zero-order chi connectivity index (χ0) is 18.2. The van der Waals surface area contributed by atoms with E-state index >= 15 is 0 Å². The predicted octanol–water partition coefficient (Wildman–Crippen LogP) is 5.73. The van der Waals surface area contributed by atoms with Crippen molar-refractivity contribution in [1.29, 1.82) is 0 Å². The predicted molar refractivity (Wildman–Crippen MR) is 108 cm³/mol. The number of rotatable bonds is 4. The van der Waals surface area contributed by atoms with Crippen LogP contribution in [-0.4, -0.2) is 23.0 Å². The molecule has 1 aromatic heterocycles. The highest BCUT2D eigenvalue weighted by Gasteiger charge is 2.27. The minimum Gasteiger partial charge on any atom is -0.361 e. The van der Waals surface area contributed by atoms with Crippen molar-refractivity contribution in [2.45, 2.75) is 37.6 Å². The molecule has 1 aliphatic heterocycles. The Kier molecular flexibility index (Phi) is 4.33. The molecule has 27 heavy (non-hydrogen) atoms. The summed E-state index contributed by atoms with van der Waals surface area (Å²) in [7, 11) is 0. The molecule has 3 heteroatoms. The number of H-pyrrole nitrogens is 1. The van der Waals surface area contributed by atoms with Crippen molar-refractivity contribution in [2.75, 3.05) is 13.1 Å². The molecular formula is C24H25FN2. The molecule has 1 N–H and O–H groups in total. The van der Waals surface area contributed by atoms with Crippen LogP contribution in [0.3, 0.4) is 0 Å². The van der Waals surface area contributed by atoms with E-state index in [-0.39, 0.29) is 5.82 Å². The van der Waals surface area contributed by atoms with Gasteiger partial charge in [0.2, 0.25) is 0 Å². The monoisotopic (exact) mass is 360 g/mol. The Balaban J connectivity index is 1.37. The van der Waals surface area contributed by atoms with Gasteiger partial charge < -0.3 is 4.98 Å². The summed E-state index contributed by atoms with van der Waals surface area (Å²) in [6, 6.07) is 14.3. The number of hydrogen-bond donors (Lipinski definition) is 1. The summed E-state index contributed by atoms with van der Waals surface area (Å²) in [6.45, 7) is 2.05. The van der Waals surface area contributed by atoms with Gasteiger partial charge in [0.05, 0.1) is 0 Å². The van der Waals surface area contributed by atoms with Crippen LogP contribution in [0.2, 0.25) is 0 Å². The molecule has 1 aliphatic carbocycles. The van der Waals surface area contributed by atoms with E-state index in [9.17, 15) is 4.39 Å². The van der Waals surface area contributed by atoms with Crippen LogP contribution in [0.5, 0.6) is 0 Å². The third-order valence-corrected chi connectivity index (χ3v) is 6.36. The van der Waals surface area contributed by atoms with Crippen molar-refractivity contribution in [3.05, 3.63) is 83.3 Å². The summed E-state index contributed by atoms with van der Waals surface area (Å²) in [5, 5.41) is 1.02. The first-order valence-corrected chi connectivity index (χ1v) is 10.0. The Labute approximate surface area is 159 Å². The van der Waals surface area contributed by atoms with Gasteiger partial charge in [0.1, 0.15) is 5.82 Å². The van der Waals surface area contributed by atoms with E-state index in [1.807, 2.05) is 6.07 Å². The molecule has 0 spiro atoms. The molecule has 2 unspecified atom stereocenters. The van der Waals surface area contributed by atoms with Crippen molar-refractivity contribution in [2.24, 2.45) is 0 Å². The van der Waals surface area contributed by atoms with Crippen molar-refractivity contribution >= 4 is 10.9 Å². The SMILES string of the molecule is Fc1ccc2[nH]cc(C3CC=CCN3CCC3CCc4ccccc43)c2c1. The quantitative estimate of drug-likeness (QED) is 0.589. The molecular weight excluding hydrogens is 335 g/mol. The fraction of sp³-hybridized carbons (Fsp3) is 0.333. The van der Waals surface area contributed by atoms with Gasteiger partial charge in [0.25, 0.3) is 0 Å². The first-order valence-electron chi connectivity index (χ1n) is 10.0. The number of aromatic nitrogens is 1. The van der Waals surface area contributed by atoms with Crippen LogP contribution in [-0.2, 0) is 6.42 Å². The number of fused-ring (bicyclic) bond motifs is 2. The summed E-state index contributed by atoms with van der Waals surface area (Å²) in [6.07, 6.45) is 11.3. The van der Waals surface area contributed by atoms with E-state index < -0.39 is 0 Å². The Hall–Kier alpha value is -2.39. The highest BCUT2D eigenvalue weighted by molar-refractivity contribution is 5.83. The van der Waals surface area contributed by atoms with Crippen molar-refractivity contribution in [3.8, 4) is 0 Å². The zero-order valence-electron chi connectivity index (χ0n) is 15.5. The van der Waals surface area contributed by atoms with Crippen LogP contribution in [0.25, 0.3) is 10.9 Å². The maximum absolute atomic E-state index is 13.8. The fourth-order valence-corrected chi connectivity index (χ4v) is 4.94. The van der Waals surface area contributed by atoms with Gasteiger partial charge >= 0.3 is 0 Å². The standard InChI is InChI=1S/C24H25FN2/c25-19-10-11-23-21(15-19)22(16-26-23)24-7-3-4-13-27(24)14-12-18-9-8-17-5-1-2-6-20(17)18/h1-6,10-11,15-16,18,24,26H,7-9,12-14H2. The van der Waals surface area contributed by atoms with Crippen molar-refractivity contribution in [1.82, 2.24) is 9.88 Å². The van der Waals surface area contributed by atoms with Crippen LogP contribution >= 0.6 is 0 Å². The lowest BCUT2D eigenvalue weighted by Gasteiger charge is -2.33. The molecule has 5 rings (SSSR count). The van der Waals surface area contributed by atoms with E-state index in [0.29, 0.717) is 12.0 Å². The second-order valence-corrected chi connectivity index (χ2v) is 7.87. The van der Waals surface area contributed by atoms with Crippen LogP contribution in [0, 0.1) is 5.82 Å². The molecule has 0 amide bonds. The molecule has 2 nitrogen and oxygen atoms in total. The lowest BCUT2D eigenvalue weighted by molar-refractivity contribution is 0.203. The normalized spacial score (nSPS) is 22.4. The minimum absolute atomic E-state index is 0.163. The molecule has 2 aromatic carbocycles. The number of aromatic amines is 1. The van der Waals surface area contributed by atoms with E-state index in [2.05, 4.69) is 52.5 Å². The number of hydrogen-bond acceptors (Lipinski definition) is 1. The molecule has 0 bridgehead atoms. The largest absolute Gasteiger partial charge is 0.361 e. The molecule has 0 radical (unpaired) electrons. The van der Waals surface area contributed by atoms with Gasteiger partial charge in [-0.15, -0.1) is 0 Å². The van der Waals surface area contributed by atoms with E-state index in [1.54, 1.807) is 11.6 Å². The fourth-order valence-electron chi connectivity index (χ4n) is 4.94. The lowest BCUT2D eigenvalue weighted by Crippen LogP contribution is -2.32. The highest BCUT2D eigenvalue weighted by atomic mass is 19.1. The van der Waals surface area contributed by atoms with Gasteiger partial charge in [-0.1, -0.05) is 36.4 Å². The number of benzene rings is 2. The number of aryl methyl sites for hydroxylation is 1. The van der Waals surface area contributed by atoms with E-state index in [0.717, 1.165) is 30.4 Å². The smallest absolute Gasteiger partial charge is 0.123 e.